The number of hydrogen-bond donors (Lipinski definition) is 4. The molecule has 2 N–H and O–H groups in total. The molecule has 0 radical (unpaired) electrons. The number of hydrogen-bond acceptors (Lipinski definition) is 16. The van der Waals surface area contributed by atoms with Gasteiger partial charge in [-0.1, -0.05) is 0 Å². The molecule has 43 heavy (non-hydrogen) atoms. The Hall–Kier alpha value is 1.45. The summed E-state index contributed by atoms with van der Waals surface area (Å²) < 4.78 is 18.7. The van der Waals surface area contributed by atoms with Crippen LogP contribution in [0.4, 0.5) is 0 Å². The van der Waals surface area contributed by atoms with Gasteiger partial charge in [-0.05, 0) is 33.1 Å². The number of piperazine rings is 2. The molecule has 0 amide bonds. The number of nitrogens with zero attached hydrogens (tertiary/aromatic N) is 8. The molecule has 4 heterocycles. The van der Waals surface area contributed by atoms with Crippen molar-refractivity contribution < 1.29 is 25.3 Å². The van der Waals surface area contributed by atoms with E-state index < -0.39 is 18.5 Å². The van der Waals surface area contributed by atoms with E-state index in [1.807, 2.05) is 44.0 Å². The molecule has 0 bridgehead atoms. The predicted octanol–water partition coefficient (Wildman–Crippen LogP) is 0.432. The normalized spacial score (nSPS) is 20.1. The molecular formula is C20H36MoN10O2S10. The summed E-state index contributed by atoms with van der Waals surface area (Å²) in [5.74, 6) is 4.29. The average Bonchev–Trinajstić information content (AvgIpc) is 3.00. The summed E-state index contributed by atoms with van der Waals surface area (Å²) in [6.07, 6.45) is 0. The Morgan fingerprint density at radius 2 is 0.837 bits per heavy atom. The van der Waals surface area contributed by atoms with Crippen molar-refractivity contribution >= 4 is 140 Å². The van der Waals surface area contributed by atoms with Gasteiger partial charge >= 0.3 is 25.3 Å². The Balaban J connectivity index is 0.000000275. The van der Waals surface area contributed by atoms with Gasteiger partial charge in [0.25, 0.3) is 0 Å². The van der Waals surface area contributed by atoms with Gasteiger partial charge < -0.3 is 60.3 Å². The van der Waals surface area contributed by atoms with Crippen LogP contribution < -0.4 is 10.6 Å². The second-order valence-corrected chi connectivity index (χ2v) is 15.9. The van der Waals surface area contributed by atoms with Gasteiger partial charge in [-0.2, -0.15) is 43.8 Å². The maximum absolute atomic E-state index is 8.50. The van der Waals surface area contributed by atoms with Crippen molar-refractivity contribution in [2.24, 2.45) is 0 Å². The molecule has 0 spiro atoms. The molecule has 23 heteroatoms. The number of hydrazine groups is 6. The number of thiol groups is 2. The quantitative estimate of drug-likeness (QED) is 0.104. The van der Waals surface area contributed by atoms with Gasteiger partial charge in [0, 0.05) is 102 Å². The molecule has 0 aromatic carbocycles. The van der Waals surface area contributed by atoms with Crippen LogP contribution in [-0.4, -0.2) is 159 Å². The van der Waals surface area contributed by atoms with E-state index in [9.17, 15) is 0 Å². The van der Waals surface area contributed by atoms with Gasteiger partial charge in [0.1, 0.15) is 0 Å². The van der Waals surface area contributed by atoms with Gasteiger partial charge in [-0.15, -0.1) is 25.3 Å². The average molecular weight is 865 g/mol. The van der Waals surface area contributed by atoms with Crippen LogP contribution in [0.25, 0.3) is 0 Å². The molecule has 4 fully saturated rings. The first-order valence-corrected chi connectivity index (χ1v) is 20.5. The molecule has 0 aromatic heterocycles. The number of rotatable bonds is 4. The third kappa shape index (κ3) is 13.8. The molecule has 12 nitrogen and oxygen atoms in total. The van der Waals surface area contributed by atoms with Crippen molar-refractivity contribution in [3.63, 3.8) is 0 Å². The zero-order valence-corrected chi connectivity index (χ0v) is 33.6. The van der Waals surface area contributed by atoms with Crippen molar-refractivity contribution in [1.29, 1.82) is 0 Å². The van der Waals surface area contributed by atoms with E-state index in [2.05, 4.69) is 55.9 Å². The van der Waals surface area contributed by atoms with Crippen LogP contribution in [0.5, 0.6) is 0 Å². The van der Waals surface area contributed by atoms with Gasteiger partial charge in [0.15, 0.2) is 8.64 Å². The summed E-state index contributed by atoms with van der Waals surface area (Å²) in [5.41, 5.74) is 0. The van der Waals surface area contributed by atoms with E-state index in [0.717, 1.165) is 102 Å². The summed E-state index contributed by atoms with van der Waals surface area (Å²) in [6.45, 7) is 10.8. The minimum absolute atomic E-state index is 0.381. The molecule has 4 aliphatic heterocycles. The summed E-state index contributed by atoms with van der Waals surface area (Å²) in [7, 11) is 0. The fourth-order valence-corrected chi connectivity index (χ4v) is 7.79. The van der Waals surface area contributed by atoms with Crippen molar-refractivity contribution in [1.82, 2.24) is 51.1 Å². The van der Waals surface area contributed by atoms with Crippen LogP contribution in [0.3, 0.4) is 0 Å². The van der Waals surface area contributed by atoms with Crippen molar-refractivity contribution in [2.75, 3.05) is 102 Å². The molecule has 4 rings (SSSR count). The maximum atomic E-state index is 8.50. The Kier molecular flexibility index (Phi) is 21.6. The van der Waals surface area contributed by atoms with Crippen LogP contribution >= 0.6 is 97.7 Å². The van der Waals surface area contributed by atoms with Gasteiger partial charge in [0.05, 0.1) is 0 Å². The zero-order valence-electron chi connectivity index (χ0n) is 23.3. The van der Waals surface area contributed by atoms with E-state index in [1.165, 1.54) is 0 Å². The summed E-state index contributed by atoms with van der Waals surface area (Å²) in [4.78, 5) is 0. The summed E-state index contributed by atoms with van der Waals surface area (Å²) in [5, 5.41) is 22.6. The molecule has 0 unspecified atom stereocenters. The van der Waals surface area contributed by atoms with Gasteiger partial charge in [0.2, 0.25) is 0 Å². The monoisotopic (exact) mass is 866 g/mol. The first-order chi connectivity index (χ1) is 20.6. The van der Waals surface area contributed by atoms with Crippen LogP contribution in [0.1, 0.15) is 0 Å². The minimum atomic E-state index is -2.03. The van der Waals surface area contributed by atoms with E-state index in [1.54, 1.807) is 0 Å². The van der Waals surface area contributed by atoms with Crippen molar-refractivity contribution in [2.45, 2.75) is 0 Å². The molecule has 4 aliphatic rings. The second kappa shape index (κ2) is 22.9. The number of thioether (sulfide) groups is 2. The van der Waals surface area contributed by atoms with E-state index in [-0.39, 0.29) is 0 Å². The van der Waals surface area contributed by atoms with Gasteiger partial charge in [-0.25, -0.2) is 20.3 Å². The summed E-state index contributed by atoms with van der Waals surface area (Å²) in [6, 6.07) is 0. The first kappa shape index (κ1) is 40.6. The van der Waals surface area contributed by atoms with E-state index in [4.69, 9.17) is 80.9 Å². The van der Waals surface area contributed by atoms with Crippen LogP contribution in [0, 0.1) is 0 Å². The Labute approximate surface area is 315 Å². The molecular weight excluding hydrogens is 829 g/mol. The predicted molar refractivity (Wildman–Crippen MR) is 199 cm³/mol. The molecule has 0 aromatic rings. The summed E-state index contributed by atoms with van der Waals surface area (Å²) >= 11 is 42.3. The zero-order chi connectivity index (χ0) is 31.8. The van der Waals surface area contributed by atoms with Crippen LogP contribution in [0.2, 0.25) is 0 Å². The molecule has 4 saturated heterocycles. The fourth-order valence-electron chi connectivity index (χ4n) is 4.44. The van der Waals surface area contributed by atoms with Crippen LogP contribution in [-0.2, 0) is 50.5 Å². The third-order valence-electron chi connectivity index (χ3n) is 6.26. The second-order valence-electron chi connectivity index (χ2n) is 8.86. The van der Waals surface area contributed by atoms with E-state index in [0.29, 0.717) is 17.3 Å². The van der Waals surface area contributed by atoms with E-state index >= 15 is 0 Å². The standard InChI is InChI=1S/2C10H19N5S5.Mo.2O/c2*16-9(17)14(12-3-1-11-2-4-12)15(10(18)19)13-5-7-20-8-6-13;;;/h2*11H,1-8H2,(H,16,17)(H,18,19);;;/q;;+2;;/p-2. The Morgan fingerprint density at radius 3 is 1.07 bits per heavy atom. The van der Waals surface area contributed by atoms with Crippen molar-refractivity contribution in [3.8, 4) is 0 Å². The Morgan fingerprint density at radius 1 is 0.581 bits per heavy atom. The molecule has 244 valence electrons. The first-order valence-electron chi connectivity index (χ1n) is 13.2. The fraction of sp³-hybridized carbons (Fsp3) is 0.800. The Bertz CT molecular complexity index is 811. The molecule has 0 saturated carbocycles. The van der Waals surface area contributed by atoms with Gasteiger partial charge in [-0.3, -0.25) is 0 Å². The topological polar surface area (TPSA) is 84.1 Å². The third-order valence-corrected chi connectivity index (χ3v) is 9.48. The number of thiocarbonyl (C=S) groups is 4. The van der Waals surface area contributed by atoms with Crippen molar-refractivity contribution in [3.05, 3.63) is 0 Å². The molecule has 0 aliphatic carbocycles. The number of nitrogens with one attached hydrogen (secondary N) is 2. The SMILES string of the molecule is S=C([S-])N(N1CCSCC1)N(C(=S)S)N1CCNCC1.S=C([S-])N(N1CCSCC1)N(C(=S)S)N1CCNCC1.[O]=[Mo+2]=[O]. The molecule has 0 atom stereocenters. The van der Waals surface area contributed by atoms with Crippen LogP contribution in [0.15, 0.2) is 0 Å².